The van der Waals surface area contributed by atoms with Crippen LogP contribution in [0.4, 0.5) is 0 Å². The average Bonchev–Trinajstić information content (AvgIpc) is 2.33. The Bertz CT molecular complexity index is 413. The molecule has 0 fully saturated rings. The zero-order valence-electron chi connectivity index (χ0n) is 13.0. The molecule has 1 atom stereocenters. The first kappa shape index (κ1) is 16.5. The van der Waals surface area contributed by atoms with Gasteiger partial charge in [0.15, 0.2) is 0 Å². The van der Waals surface area contributed by atoms with Gasteiger partial charge in [-0.3, -0.25) is 0 Å². The molecule has 0 aliphatic carbocycles. The van der Waals surface area contributed by atoms with Gasteiger partial charge in [0.2, 0.25) is 0 Å². The number of benzene rings is 1. The van der Waals surface area contributed by atoms with E-state index in [0.717, 1.165) is 23.6 Å². The molecule has 0 aliphatic rings. The second kappa shape index (κ2) is 6.74. The van der Waals surface area contributed by atoms with Crippen molar-refractivity contribution in [1.29, 1.82) is 0 Å². The van der Waals surface area contributed by atoms with Crippen LogP contribution in [0.5, 0.6) is 0 Å². The van der Waals surface area contributed by atoms with E-state index in [0.29, 0.717) is 0 Å². The standard InChI is InChI=1S/C16H27ClN2/c1-7-10-18-15(16(3,4)19(5)6)13-9-8-12(2)14(17)11-13/h8-9,11,15,18H,7,10H2,1-6H3. The minimum absolute atomic E-state index is 0.0216. The lowest BCUT2D eigenvalue weighted by Crippen LogP contribution is -2.49. The summed E-state index contributed by atoms with van der Waals surface area (Å²) in [6, 6.07) is 6.64. The van der Waals surface area contributed by atoms with Crippen LogP contribution in [0.15, 0.2) is 18.2 Å². The molecular weight excluding hydrogens is 256 g/mol. The number of nitrogens with zero attached hydrogens (tertiary/aromatic N) is 1. The molecule has 1 rings (SSSR count). The summed E-state index contributed by atoms with van der Waals surface area (Å²) in [5, 5.41) is 4.50. The Balaban J connectivity index is 3.12. The van der Waals surface area contributed by atoms with Gasteiger partial charge >= 0.3 is 0 Å². The van der Waals surface area contributed by atoms with Gasteiger partial charge in [-0.15, -0.1) is 0 Å². The van der Waals surface area contributed by atoms with E-state index in [9.17, 15) is 0 Å². The summed E-state index contributed by atoms with van der Waals surface area (Å²) >= 11 is 6.28. The van der Waals surface area contributed by atoms with E-state index in [4.69, 9.17) is 11.6 Å². The van der Waals surface area contributed by atoms with Crippen LogP contribution in [0.25, 0.3) is 0 Å². The zero-order valence-corrected chi connectivity index (χ0v) is 13.8. The lowest BCUT2D eigenvalue weighted by molar-refractivity contribution is 0.138. The summed E-state index contributed by atoms with van der Waals surface area (Å²) in [5.74, 6) is 0. The van der Waals surface area contributed by atoms with Crippen molar-refractivity contribution in [1.82, 2.24) is 10.2 Å². The van der Waals surface area contributed by atoms with Gasteiger partial charge in [-0.2, -0.15) is 0 Å². The van der Waals surface area contributed by atoms with Crippen LogP contribution in [0.3, 0.4) is 0 Å². The Morgan fingerprint density at radius 1 is 1.32 bits per heavy atom. The first-order chi connectivity index (χ1) is 8.80. The first-order valence-electron chi connectivity index (χ1n) is 6.97. The van der Waals surface area contributed by atoms with Gasteiger partial charge in [0, 0.05) is 10.6 Å². The van der Waals surface area contributed by atoms with Crippen molar-refractivity contribution in [2.75, 3.05) is 20.6 Å². The molecule has 1 aromatic carbocycles. The number of hydrogen-bond donors (Lipinski definition) is 1. The van der Waals surface area contributed by atoms with Gasteiger partial charge < -0.3 is 10.2 Å². The molecule has 0 saturated carbocycles. The highest BCUT2D eigenvalue weighted by molar-refractivity contribution is 6.31. The minimum Gasteiger partial charge on any atom is -0.308 e. The lowest BCUT2D eigenvalue weighted by atomic mass is 9.87. The molecule has 0 heterocycles. The minimum atomic E-state index is 0.0216. The third-order valence-corrected chi connectivity index (χ3v) is 4.39. The molecule has 0 aromatic heterocycles. The Morgan fingerprint density at radius 3 is 2.42 bits per heavy atom. The van der Waals surface area contributed by atoms with Crippen molar-refractivity contribution in [3.8, 4) is 0 Å². The van der Waals surface area contributed by atoms with E-state index in [1.165, 1.54) is 5.56 Å². The third-order valence-electron chi connectivity index (χ3n) is 3.99. The quantitative estimate of drug-likeness (QED) is 0.847. The van der Waals surface area contributed by atoms with Crippen molar-refractivity contribution in [2.45, 2.75) is 45.7 Å². The topological polar surface area (TPSA) is 15.3 Å². The molecule has 2 nitrogen and oxygen atoms in total. The lowest BCUT2D eigenvalue weighted by Gasteiger charge is -2.41. The van der Waals surface area contributed by atoms with E-state index in [1.54, 1.807) is 0 Å². The van der Waals surface area contributed by atoms with E-state index < -0.39 is 0 Å². The van der Waals surface area contributed by atoms with Crippen molar-refractivity contribution in [3.05, 3.63) is 34.3 Å². The van der Waals surface area contributed by atoms with Crippen LogP contribution < -0.4 is 5.32 Å². The summed E-state index contributed by atoms with van der Waals surface area (Å²) < 4.78 is 0. The fourth-order valence-corrected chi connectivity index (χ4v) is 2.30. The number of rotatable bonds is 6. The Kier molecular flexibility index (Phi) is 5.84. The Hall–Kier alpha value is -0.570. The van der Waals surface area contributed by atoms with E-state index >= 15 is 0 Å². The molecule has 1 aromatic rings. The maximum absolute atomic E-state index is 6.28. The number of nitrogens with one attached hydrogen (secondary N) is 1. The summed E-state index contributed by atoms with van der Waals surface area (Å²) in [7, 11) is 4.24. The summed E-state index contributed by atoms with van der Waals surface area (Å²) in [6.45, 7) is 9.75. The first-order valence-corrected chi connectivity index (χ1v) is 7.35. The molecule has 1 N–H and O–H groups in total. The molecule has 0 saturated heterocycles. The van der Waals surface area contributed by atoms with Crippen LogP contribution in [-0.2, 0) is 0 Å². The number of halogens is 1. The second-order valence-corrected chi connectivity index (χ2v) is 6.35. The molecule has 0 radical (unpaired) electrons. The van der Waals surface area contributed by atoms with E-state index in [2.05, 4.69) is 63.3 Å². The zero-order chi connectivity index (χ0) is 14.6. The third kappa shape index (κ3) is 3.95. The van der Waals surface area contributed by atoms with E-state index in [1.807, 2.05) is 6.92 Å². The van der Waals surface area contributed by atoms with Crippen molar-refractivity contribution >= 4 is 11.6 Å². The van der Waals surface area contributed by atoms with Crippen LogP contribution >= 0.6 is 11.6 Å². The summed E-state index contributed by atoms with van der Waals surface area (Å²) in [6.07, 6.45) is 1.12. The molecule has 0 spiro atoms. The molecule has 108 valence electrons. The molecular formula is C16H27ClN2. The van der Waals surface area contributed by atoms with Crippen molar-refractivity contribution in [2.24, 2.45) is 0 Å². The highest BCUT2D eigenvalue weighted by Crippen LogP contribution is 2.31. The van der Waals surface area contributed by atoms with Gasteiger partial charge in [-0.25, -0.2) is 0 Å². The number of hydrogen-bond acceptors (Lipinski definition) is 2. The van der Waals surface area contributed by atoms with Crippen LogP contribution in [0.2, 0.25) is 5.02 Å². The fourth-order valence-electron chi connectivity index (χ4n) is 2.11. The largest absolute Gasteiger partial charge is 0.308 e. The normalized spacial score (nSPS) is 13.9. The molecule has 0 aliphatic heterocycles. The monoisotopic (exact) mass is 282 g/mol. The maximum Gasteiger partial charge on any atom is 0.0502 e. The van der Waals surface area contributed by atoms with Gasteiger partial charge in [-0.05, 0) is 65.0 Å². The van der Waals surface area contributed by atoms with Crippen LogP contribution in [0, 0.1) is 6.92 Å². The predicted octanol–water partition coefficient (Wildman–Crippen LogP) is 4.03. The Morgan fingerprint density at radius 2 is 1.95 bits per heavy atom. The number of likely N-dealkylation sites (N-methyl/N-ethyl adjacent to an activating group) is 1. The summed E-state index contributed by atoms with van der Waals surface area (Å²) in [5.41, 5.74) is 2.40. The summed E-state index contributed by atoms with van der Waals surface area (Å²) in [4.78, 5) is 2.26. The second-order valence-electron chi connectivity index (χ2n) is 5.94. The highest BCUT2D eigenvalue weighted by atomic mass is 35.5. The fraction of sp³-hybridized carbons (Fsp3) is 0.625. The highest BCUT2D eigenvalue weighted by Gasteiger charge is 2.32. The number of aryl methyl sites for hydroxylation is 1. The van der Waals surface area contributed by atoms with Crippen molar-refractivity contribution in [3.63, 3.8) is 0 Å². The van der Waals surface area contributed by atoms with E-state index in [-0.39, 0.29) is 11.6 Å². The smallest absolute Gasteiger partial charge is 0.0502 e. The maximum atomic E-state index is 6.28. The van der Waals surface area contributed by atoms with Crippen molar-refractivity contribution < 1.29 is 0 Å². The van der Waals surface area contributed by atoms with Crippen LogP contribution in [0.1, 0.15) is 44.4 Å². The van der Waals surface area contributed by atoms with Gasteiger partial charge in [0.05, 0.1) is 6.04 Å². The molecule has 19 heavy (non-hydrogen) atoms. The van der Waals surface area contributed by atoms with Crippen LogP contribution in [-0.4, -0.2) is 31.1 Å². The molecule has 3 heteroatoms. The predicted molar refractivity (Wildman–Crippen MR) is 85.0 cm³/mol. The van der Waals surface area contributed by atoms with Gasteiger partial charge in [-0.1, -0.05) is 30.7 Å². The Labute approximate surface area is 123 Å². The average molecular weight is 283 g/mol. The molecule has 0 amide bonds. The SMILES string of the molecule is CCCNC(c1ccc(C)c(Cl)c1)C(C)(C)N(C)C. The van der Waals surface area contributed by atoms with Gasteiger partial charge in [0.25, 0.3) is 0 Å². The molecule has 1 unspecified atom stereocenters. The van der Waals surface area contributed by atoms with Gasteiger partial charge in [0.1, 0.15) is 0 Å². The molecule has 0 bridgehead atoms.